The third-order valence-electron chi connectivity index (χ3n) is 8.11. The minimum Gasteiger partial charge on any atom is -0.492 e. The van der Waals surface area contributed by atoms with Crippen LogP contribution in [0.1, 0.15) is 49.7 Å². The molecular weight excluding hydrogens is 422 g/mol. The maximum atomic E-state index is 6.57. The number of hydrogen-bond donors (Lipinski definition) is 0. The summed E-state index contributed by atoms with van der Waals surface area (Å²) in [7, 11) is 3.47. The molecule has 6 rings (SSSR count). The summed E-state index contributed by atoms with van der Waals surface area (Å²) >= 11 is 0. The van der Waals surface area contributed by atoms with Crippen LogP contribution < -0.4 is 0 Å². The second kappa shape index (κ2) is 7.25. The van der Waals surface area contributed by atoms with E-state index >= 15 is 0 Å². The zero-order valence-electron chi connectivity index (χ0n) is 20.5. The van der Waals surface area contributed by atoms with Gasteiger partial charge in [0.15, 0.2) is 5.79 Å². The van der Waals surface area contributed by atoms with E-state index in [1.54, 1.807) is 14.2 Å². The molecule has 33 heavy (non-hydrogen) atoms. The number of nitrogens with zero attached hydrogens (tertiary/aromatic N) is 1. The summed E-state index contributed by atoms with van der Waals surface area (Å²) in [6.07, 6.45) is 1.66. The Morgan fingerprint density at radius 1 is 1.09 bits per heavy atom. The molecule has 0 amide bonds. The number of aromatic nitrogens is 1. The van der Waals surface area contributed by atoms with Crippen LogP contribution >= 0.6 is 0 Å². The van der Waals surface area contributed by atoms with E-state index in [1.165, 1.54) is 0 Å². The average molecular weight is 458 g/mol. The maximum absolute atomic E-state index is 6.57. The average Bonchev–Trinajstić information content (AvgIpc) is 3.35. The Hall–Kier alpha value is -1.51. The van der Waals surface area contributed by atoms with Gasteiger partial charge in [-0.1, -0.05) is 27.2 Å². The van der Waals surface area contributed by atoms with E-state index in [0.717, 1.165) is 46.7 Å². The summed E-state index contributed by atoms with van der Waals surface area (Å²) in [5, 5.41) is 0. The molecule has 2 aliphatic heterocycles. The van der Waals surface area contributed by atoms with Crippen LogP contribution in [-0.2, 0) is 40.6 Å². The number of aryl methyl sites for hydroxylation is 2. The molecule has 7 nitrogen and oxygen atoms in total. The summed E-state index contributed by atoms with van der Waals surface area (Å²) in [5.41, 5.74) is 5.26. The van der Waals surface area contributed by atoms with E-state index in [9.17, 15) is 0 Å². The van der Waals surface area contributed by atoms with Crippen LogP contribution in [0.3, 0.4) is 0 Å². The van der Waals surface area contributed by atoms with Gasteiger partial charge >= 0.3 is 0 Å². The molecule has 1 aromatic heterocycles. The van der Waals surface area contributed by atoms with E-state index in [1.807, 2.05) is 0 Å². The van der Waals surface area contributed by atoms with E-state index in [-0.39, 0.29) is 29.3 Å². The van der Waals surface area contributed by atoms with Crippen LogP contribution in [0.25, 0.3) is 5.57 Å². The second-order valence-corrected chi connectivity index (χ2v) is 10.9. The van der Waals surface area contributed by atoms with Gasteiger partial charge in [-0.3, -0.25) is 4.98 Å². The molecule has 7 heteroatoms. The monoisotopic (exact) mass is 457 g/mol. The lowest BCUT2D eigenvalue weighted by Gasteiger charge is -2.39. The summed E-state index contributed by atoms with van der Waals surface area (Å²) in [4.78, 5) is 4.93. The van der Waals surface area contributed by atoms with E-state index in [0.29, 0.717) is 26.4 Å². The van der Waals surface area contributed by atoms with Gasteiger partial charge in [0, 0.05) is 48.1 Å². The first-order valence-electron chi connectivity index (χ1n) is 12.2. The fourth-order valence-electron chi connectivity index (χ4n) is 6.81. The first kappa shape index (κ1) is 22.0. The predicted octanol–water partition coefficient (Wildman–Crippen LogP) is 3.57. The van der Waals surface area contributed by atoms with E-state index < -0.39 is 11.6 Å². The van der Waals surface area contributed by atoms with Crippen molar-refractivity contribution in [3.63, 3.8) is 0 Å². The predicted molar refractivity (Wildman–Crippen MR) is 120 cm³/mol. The fraction of sp³-hybridized carbons (Fsp3) is 0.731. The normalized spacial score (nSPS) is 34.2. The van der Waals surface area contributed by atoms with Gasteiger partial charge < -0.3 is 28.4 Å². The summed E-state index contributed by atoms with van der Waals surface area (Å²) in [5.74, 6) is -0.828. The van der Waals surface area contributed by atoms with Crippen molar-refractivity contribution < 1.29 is 28.4 Å². The molecule has 0 radical (unpaired) electrons. The van der Waals surface area contributed by atoms with Crippen molar-refractivity contribution in [3.8, 4) is 0 Å². The first-order valence-corrected chi connectivity index (χ1v) is 12.2. The SMILES string of the molecule is CCCc1nc(C)cc2c1C(OC)(OC)[C@H]1C2=C2OCCO[C@H]2[C@H]2[C@@H]1C21OCC(C)(C)CO1. The molecule has 1 saturated carbocycles. The van der Waals surface area contributed by atoms with Gasteiger partial charge in [-0.2, -0.15) is 0 Å². The van der Waals surface area contributed by atoms with Gasteiger partial charge in [0.05, 0.1) is 31.7 Å². The molecule has 3 fully saturated rings. The lowest BCUT2D eigenvalue weighted by Crippen LogP contribution is -2.44. The van der Waals surface area contributed by atoms with Gasteiger partial charge in [-0.05, 0) is 25.0 Å². The molecule has 0 bridgehead atoms. The first-order chi connectivity index (χ1) is 15.8. The summed E-state index contributed by atoms with van der Waals surface area (Å²) in [6, 6.07) is 2.15. The van der Waals surface area contributed by atoms with Gasteiger partial charge in [0.1, 0.15) is 18.5 Å². The summed E-state index contributed by atoms with van der Waals surface area (Å²) < 4.78 is 38.5. The van der Waals surface area contributed by atoms with Gasteiger partial charge in [0.2, 0.25) is 5.79 Å². The lowest BCUT2D eigenvalue weighted by molar-refractivity contribution is -0.277. The number of ether oxygens (including phenoxy) is 6. The molecule has 3 heterocycles. The van der Waals surface area contributed by atoms with E-state index in [4.69, 9.17) is 33.4 Å². The number of hydrogen-bond acceptors (Lipinski definition) is 7. The third kappa shape index (κ3) is 2.77. The van der Waals surface area contributed by atoms with Crippen molar-refractivity contribution in [3.05, 3.63) is 34.3 Å². The smallest absolute Gasteiger partial charge is 0.204 e. The summed E-state index contributed by atoms with van der Waals surface area (Å²) in [6.45, 7) is 11.0. The molecule has 1 spiro atoms. The highest BCUT2D eigenvalue weighted by molar-refractivity contribution is 5.82. The highest BCUT2D eigenvalue weighted by atomic mass is 16.7. The van der Waals surface area contributed by atoms with Gasteiger partial charge in [-0.15, -0.1) is 0 Å². The van der Waals surface area contributed by atoms with Crippen molar-refractivity contribution in [2.75, 3.05) is 40.6 Å². The Balaban J connectivity index is 1.57. The minimum atomic E-state index is -0.971. The highest BCUT2D eigenvalue weighted by Gasteiger charge is 2.82. The van der Waals surface area contributed by atoms with Crippen LogP contribution in [0.4, 0.5) is 0 Å². The fourth-order valence-corrected chi connectivity index (χ4v) is 6.81. The van der Waals surface area contributed by atoms with Crippen molar-refractivity contribution >= 4 is 5.57 Å². The quantitative estimate of drug-likeness (QED) is 0.640. The van der Waals surface area contributed by atoms with Gasteiger partial charge in [-0.25, -0.2) is 0 Å². The number of fused-ring (bicyclic) bond motifs is 9. The molecule has 0 aromatic carbocycles. The van der Waals surface area contributed by atoms with Crippen LogP contribution in [-0.4, -0.2) is 57.5 Å². The van der Waals surface area contributed by atoms with Crippen molar-refractivity contribution in [2.45, 2.75) is 58.2 Å². The maximum Gasteiger partial charge on any atom is 0.204 e. The third-order valence-corrected chi connectivity index (χ3v) is 8.11. The van der Waals surface area contributed by atoms with Crippen LogP contribution in [0, 0.1) is 30.1 Å². The molecule has 2 saturated heterocycles. The molecule has 3 aliphatic carbocycles. The molecule has 4 atom stereocenters. The Bertz CT molecular complexity index is 1000. The Morgan fingerprint density at radius 2 is 1.82 bits per heavy atom. The topological polar surface area (TPSA) is 68.3 Å². The van der Waals surface area contributed by atoms with Crippen molar-refractivity contribution in [1.82, 2.24) is 4.98 Å². The zero-order chi connectivity index (χ0) is 23.2. The van der Waals surface area contributed by atoms with Crippen molar-refractivity contribution in [1.29, 1.82) is 0 Å². The Kier molecular flexibility index (Phi) is 4.83. The molecule has 0 unspecified atom stereocenters. The van der Waals surface area contributed by atoms with Crippen molar-refractivity contribution in [2.24, 2.45) is 23.2 Å². The van der Waals surface area contributed by atoms with Crippen LogP contribution in [0.15, 0.2) is 11.8 Å². The molecule has 5 aliphatic rings. The number of pyridine rings is 1. The Morgan fingerprint density at radius 3 is 2.48 bits per heavy atom. The highest BCUT2D eigenvalue weighted by Crippen LogP contribution is 2.74. The van der Waals surface area contributed by atoms with Gasteiger partial charge in [0.25, 0.3) is 0 Å². The molecular formula is C26H35NO6. The molecule has 180 valence electrons. The van der Waals surface area contributed by atoms with Crippen LogP contribution in [0.2, 0.25) is 0 Å². The van der Waals surface area contributed by atoms with E-state index in [2.05, 4.69) is 33.8 Å². The second-order valence-electron chi connectivity index (χ2n) is 10.9. The Labute approximate surface area is 195 Å². The number of methoxy groups -OCH3 is 2. The number of rotatable bonds is 4. The largest absolute Gasteiger partial charge is 0.492 e. The minimum absolute atomic E-state index is 0.0203. The zero-order valence-corrected chi connectivity index (χ0v) is 20.5. The lowest BCUT2D eigenvalue weighted by atomic mass is 9.82. The molecule has 1 aromatic rings. The van der Waals surface area contributed by atoms with Crippen LogP contribution in [0.5, 0.6) is 0 Å². The standard InChI is InChI=1S/C26H35NO6/c1-7-8-16-18-15(11-14(2)27-16)17-19(25(18,28-5)29-6)20-21(23-22(17)30-9-10-31-23)26(20)32-12-24(3,4)13-33-26/h11,19-21,23H,7-10,12-13H2,1-6H3/t19-,20+,21+,23-/m0/s1. The molecule has 0 N–H and O–H groups in total.